The van der Waals surface area contributed by atoms with E-state index in [0.717, 1.165) is 0 Å². The van der Waals surface area contributed by atoms with Crippen molar-refractivity contribution < 1.29 is 16.8 Å². The molecule has 2 rings (SSSR count). The molecule has 2 aromatic carbocycles. The van der Waals surface area contributed by atoms with Crippen LogP contribution in [0.1, 0.15) is 27.7 Å². The van der Waals surface area contributed by atoms with Crippen LogP contribution >= 0.6 is 31.9 Å². The lowest BCUT2D eigenvalue weighted by Gasteiger charge is -2.27. The molecule has 0 bridgehead atoms. The predicted molar refractivity (Wildman–Crippen MR) is 127 cm³/mol. The van der Waals surface area contributed by atoms with Gasteiger partial charge in [-0.3, -0.25) is 0 Å². The molecule has 166 valence electrons. The molecule has 0 aliphatic carbocycles. The second kappa shape index (κ2) is 9.79. The van der Waals surface area contributed by atoms with Crippen molar-refractivity contribution in [3.8, 4) is 11.1 Å². The molecule has 0 aliphatic rings. The lowest BCUT2D eigenvalue weighted by Crippen LogP contribution is -2.37. The SMILES string of the molecule is CC(C)CN(CC(C)C)S(=O)(=O)c1cc(Br)ccc1-c1ccc(Br)cc1S(N)(=O)=O. The molecule has 0 fully saturated rings. The highest BCUT2D eigenvalue weighted by molar-refractivity contribution is 9.10. The van der Waals surface area contributed by atoms with Gasteiger partial charge < -0.3 is 0 Å². The number of nitrogens with zero attached hydrogens (tertiary/aromatic N) is 1. The van der Waals surface area contributed by atoms with Gasteiger partial charge in [0, 0.05) is 33.2 Å². The Bertz CT molecular complexity index is 1120. The van der Waals surface area contributed by atoms with E-state index in [1.807, 2.05) is 27.7 Å². The average Bonchev–Trinajstić information content (AvgIpc) is 2.59. The summed E-state index contributed by atoms with van der Waals surface area (Å²) >= 11 is 6.60. The van der Waals surface area contributed by atoms with Crippen molar-refractivity contribution >= 4 is 51.9 Å². The summed E-state index contributed by atoms with van der Waals surface area (Å²) in [5.41, 5.74) is 0.521. The molecule has 0 saturated carbocycles. The Morgan fingerprint density at radius 1 is 0.800 bits per heavy atom. The summed E-state index contributed by atoms with van der Waals surface area (Å²) in [7, 11) is -7.99. The van der Waals surface area contributed by atoms with Crippen LogP contribution in [-0.4, -0.2) is 34.2 Å². The fraction of sp³-hybridized carbons (Fsp3) is 0.400. The lowest BCUT2D eigenvalue weighted by atomic mass is 10.1. The largest absolute Gasteiger partial charge is 0.243 e. The monoisotopic (exact) mass is 580 g/mol. The first-order chi connectivity index (χ1) is 13.7. The van der Waals surface area contributed by atoms with E-state index >= 15 is 0 Å². The fourth-order valence-electron chi connectivity index (χ4n) is 3.11. The van der Waals surface area contributed by atoms with Crippen LogP contribution in [0.25, 0.3) is 11.1 Å². The normalized spacial score (nSPS) is 12.9. The molecule has 0 aromatic heterocycles. The first-order valence-corrected chi connectivity index (χ1v) is 13.9. The summed E-state index contributed by atoms with van der Waals surface area (Å²) in [6, 6.07) is 9.37. The highest BCUT2D eigenvalue weighted by Crippen LogP contribution is 2.36. The van der Waals surface area contributed by atoms with Crippen molar-refractivity contribution in [2.24, 2.45) is 17.0 Å². The lowest BCUT2D eigenvalue weighted by molar-refractivity contribution is 0.333. The third-order valence-electron chi connectivity index (χ3n) is 4.24. The van der Waals surface area contributed by atoms with E-state index in [9.17, 15) is 16.8 Å². The van der Waals surface area contributed by atoms with Crippen LogP contribution in [-0.2, 0) is 20.0 Å². The third-order valence-corrected chi connectivity index (χ3v) is 8.05. The molecule has 6 nitrogen and oxygen atoms in total. The van der Waals surface area contributed by atoms with Crippen LogP contribution in [0.5, 0.6) is 0 Å². The molecule has 0 radical (unpaired) electrons. The van der Waals surface area contributed by atoms with E-state index in [1.54, 1.807) is 24.3 Å². The van der Waals surface area contributed by atoms with E-state index < -0.39 is 20.0 Å². The third kappa shape index (κ3) is 6.14. The van der Waals surface area contributed by atoms with Gasteiger partial charge in [0.25, 0.3) is 0 Å². The molecule has 10 heteroatoms. The van der Waals surface area contributed by atoms with Crippen molar-refractivity contribution in [1.82, 2.24) is 4.31 Å². The summed E-state index contributed by atoms with van der Waals surface area (Å²) in [6.07, 6.45) is 0. The zero-order chi connectivity index (χ0) is 22.9. The summed E-state index contributed by atoms with van der Waals surface area (Å²) in [5.74, 6) is 0.253. The maximum Gasteiger partial charge on any atom is 0.243 e. The van der Waals surface area contributed by atoms with Gasteiger partial charge in [0.05, 0.1) is 9.79 Å². The number of halogens is 2. The number of primary sulfonamides is 1. The summed E-state index contributed by atoms with van der Waals surface area (Å²) in [5, 5.41) is 5.43. The minimum absolute atomic E-state index is 0.0328. The smallest absolute Gasteiger partial charge is 0.225 e. The number of sulfonamides is 2. The predicted octanol–water partition coefficient (Wildman–Crippen LogP) is 4.83. The minimum atomic E-state index is -4.08. The standard InChI is InChI=1S/C20H26Br2N2O4S2/c1-13(2)11-24(12-14(3)4)30(27,28)20-10-16(22)6-8-18(20)17-7-5-15(21)9-19(17)29(23,25)26/h5-10,13-14H,11-12H2,1-4H3,(H2,23,25,26). The number of hydrogen-bond acceptors (Lipinski definition) is 4. The van der Waals surface area contributed by atoms with Crippen LogP contribution in [0.2, 0.25) is 0 Å². The molecule has 0 saturated heterocycles. The number of benzene rings is 2. The molecule has 2 N–H and O–H groups in total. The molecule has 0 atom stereocenters. The van der Waals surface area contributed by atoms with Gasteiger partial charge in [0.1, 0.15) is 0 Å². The zero-order valence-electron chi connectivity index (χ0n) is 17.3. The van der Waals surface area contributed by atoms with Crippen LogP contribution in [0.15, 0.2) is 55.1 Å². The Morgan fingerprint density at radius 3 is 1.60 bits per heavy atom. The highest BCUT2D eigenvalue weighted by Gasteiger charge is 2.30. The number of nitrogens with two attached hydrogens (primary N) is 1. The molecular formula is C20H26Br2N2O4S2. The van der Waals surface area contributed by atoms with E-state index in [1.165, 1.54) is 16.4 Å². The second-order valence-electron chi connectivity index (χ2n) is 7.94. The Hall–Kier alpha value is -0.780. The number of rotatable bonds is 8. The van der Waals surface area contributed by atoms with Gasteiger partial charge in [-0.05, 0) is 36.1 Å². The van der Waals surface area contributed by atoms with Crippen molar-refractivity contribution in [3.05, 3.63) is 45.3 Å². The average molecular weight is 582 g/mol. The van der Waals surface area contributed by atoms with Gasteiger partial charge in [-0.15, -0.1) is 0 Å². The zero-order valence-corrected chi connectivity index (χ0v) is 22.1. The molecule has 2 aromatic rings. The first-order valence-electron chi connectivity index (χ1n) is 9.36. The minimum Gasteiger partial charge on any atom is -0.225 e. The topological polar surface area (TPSA) is 97.5 Å². The Labute approximate surface area is 196 Å². The van der Waals surface area contributed by atoms with E-state index in [4.69, 9.17) is 5.14 Å². The first kappa shape index (κ1) is 25.5. The molecule has 0 spiro atoms. The van der Waals surface area contributed by atoms with Crippen LogP contribution in [0, 0.1) is 11.8 Å². The molecule has 0 amide bonds. The summed E-state index contributed by atoms with van der Waals surface area (Å²) < 4.78 is 54.4. The van der Waals surface area contributed by atoms with Crippen molar-refractivity contribution in [2.45, 2.75) is 37.5 Å². The van der Waals surface area contributed by atoms with E-state index in [0.29, 0.717) is 22.0 Å². The van der Waals surface area contributed by atoms with Gasteiger partial charge in [-0.25, -0.2) is 22.0 Å². The second-order valence-corrected chi connectivity index (χ2v) is 13.2. The van der Waals surface area contributed by atoms with Gasteiger partial charge in [-0.1, -0.05) is 71.7 Å². The molecule has 30 heavy (non-hydrogen) atoms. The van der Waals surface area contributed by atoms with Crippen molar-refractivity contribution in [2.75, 3.05) is 13.1 Å². The highest BCUT2D eigenvalue weighted by atomic mass is 79.9. The fourth-order valence-corrected chi connectivity index (χ4v) is 6.91. The molecular weight excluding hydrogens is 556 g/mol. The Morgan fingerprint density at radius 2 is 1.20 bits per heavy atom. The van der Waals surface area contributed by atoms with Gasteiger partial charge in [0.15, 0.2) is 0 Å². The van der Waals surface area contributed by atoms with E-state index in [-0.39, 0.29) is 32.8 Å². The Balaban J connectivity index is 2.81. The number of hydrogen-bond donors (Lipinski definition) is 1. The molecule has 0 heterocycles. The molecule has 0 unspecified atom stereocenters. The Kier molecular flexibility index (Phi) is 8.31. The van der Waals surface area contributed by atoms with Crippen LogP contribution in [0.3, 0.4) is 0 Å². The maximum atomic E-state index is 13.7. The quantitative estimate of drug-likeness (QED) is 0.483. The van der Waals surface area contributed by atoms with Gasteiger partial charge in [0.2, 0.25) is 20.0 Å². The van der Waals surface area contributed by atoms with E-state index in [2.05, 4.69) is 31.9 Å². The molecule has 0 aliphatic heterocycles. The maximum absolute atomic E-state index is 13.7. The van der Waals surface area contributed by atoms with Crippen LogP contribution < -0.4 is 5.14 Å². The van der Waals surface area contributed by atoms with Crippen molar-refractivity contribution in [1.29, 1.82) is 0 Å². The van der Waals surface area contributed by atoms with Gasteiger partial charge >= 0.3 is 0 Å². The van der Waals surface area contributed by atoms with Crippen LogP contribution in [0.4, 0.5) is 0 Å². The van der Waals surface area contributed by atoms with Crippen molar-refractivity contribution in [3.63, 3.8) is 0 Å². The summed E-state index contributed by atoms with van der Waals surface area (Å²) in [6.45, 7) is 8.54. The summed E-state index contributed by atoms with van der Waals surface area (Å²) in [4.78, 5) is -0.111. The van der Waals surface area contributed by atoms with Gasteiger partial charge in [-0.2, -0.15) is 4.31 Å².